The molecule has 2 heteroatoms. The van der Waals surface area contributed by atoms with Crippen LogP contribution >= 0.6 is 0 Å². The lowest BCUT2D eigenvalue weighted by Crippen LogP contribution is -2.55. The topological polar surface area (TPSA) is 29.1 Å². The Balaban J connectivity index is 2.23. The van der Waals surface area contributed by atoms with E-state index in [0.29, 0.717) is 0 Å². The van der Waals surface area contributed by atoms with Crippen molar-refractivity contribution in [1.29, 1.82) is 0 Å². The molecule has 0 atom stereocenters. The fraction of sp³-hybridized carbons (Fsp3) is 0.417. The van der Waals surface area contributed by atoms with Crippen LogP contribution in [0, 0.1) is 0 Å². The molecule has 2 nitrogen and oxygen atoms in total. The molecule has 2 rings (SSSR count). The van der Waals surface area contributed by atoms with Gasteiger partial charge < -0.3 is 5.32 Å². The van der Waals surface area contributed by atoms with Gasteiger partial charge in [-0.05, 0) is 26.3 Å². The molecule has 1 aliphatic carbocycles. The molecule has 74 valence electrons. The highest BCUT2D eigenvalue weighted by Crippen LogP contribution is 2.34. The van der Waals surface area contributed by atoms with Crippen LogP contribution in [0.3, 0.4) is 0 Å². The molecule has 1 aromatic carbocycles. The van der Waals surface area contributed by atoms with Gasteiger partial charge in [-0.1, -0.05) is 30.3 Å². The van der Waals surface area contributed by atoms with Crippen molar-refractivity contribution in [2.45, 2.75) is 24.8 Å². The second-order valence-electron chi connectivity index (χ2n) is 3.88. The summed E-state index contributed by atoms with van der Waals surface area (Å²) in [4.78, 5) is 12.1. The summed E-state index contributed by atoms with van der Waals surface area (Å²) in [6.45, 7) is 0. The smallest absolute Gasteiger partial charge is 0.182 e. The number of nitrogens with one attached hydrogen (secondary N) is 1. The number of Topliss-reactive ketones (excluding diaryl/α,β-unsaturated/α-hetero) is 1. The Morgan fingerprint density at radius 3 is 2.36 bits per heavy atom. The van der Waals surface area contributed by atoms with Crippen LogP contribution in [0.25, 0.3) is 0 Å². The summed E-state index contributed by atoms with van der Waals surface area (Å²) < 4.78 is 0. The van der Waals surface area contributed by atoms with Crippen LogP contribution in [0.1, 0.15) is 29.6 Å². The molecule has 0 bridgehead atoms. The van der Waals surface area contributed by atoms with Crippen LogP contribution in [0.5, 0.6) is 0 Å². The Morgan fingerprint density at radius 2 is 1.93 bits per heavy atom. The standard InChI is InChI=1S/C12H15NO/c1-13-12(8-5-9-12)11(14)10-6-3-2-4-7-10/h2-4,6-7,13H,5,8-9H2,1H3. The van der Waals surface area contributed by atoms with Crippen LogP contribution in [-0.2, 0) is 0 Å². The highest BCUT2D eigenvalue weighted by atomic mass is 16.1. The quantitative estimate of drug-likeness (QED) is 0.737. The number of hydrogen-bond donors (Lipinski definition) is 1. The van der Waals surface area contributed by atoms with E-state index in [-0.39, 0.29) is 11.3 Å². The Bertz CT molecular complexity index is 322. The summed E-state index contributed by atoms with van der Waals surface area (Å²) in [5, 5.41) is 3.16. The van der Waals surface area contributed by atoms with Crippen molar-refractivity contribution in [1.82, 2.24) is 5.32 Å². The molecule has 1 aromatic rings. The first-order chi connectivity index (χ1) is 6.78. The minimum Gasteiger partial charge on any atom is -0.308 e. The second-order valence-corrected chi connectivity index (χ2v) is 3.88. The Hall–Kier alpha value is -1.15. The Morgan fingerprint density at radius 1 is 1.29 bits per heavy atom. The fourth-order valence-corrected chi connectivity index (χ4v) is 1.99. The van der Waals surface area contributed by atoms with E-state index in [2.05, 4.69) is 5.32 Å². The van der Waals surface area contributed by atoms with Gasteiger partial charge in [0.1, 0.15) is 0 Å². The first-order valence-corrected chi connectivity index (χ1v) is 5.07. The minimum absolute atomic E-state index is 0.242. The normalized spacial score (nSPS) is 18.6. The molecule has 0 aliphatic heterocycles. The first-order valence-electron chi connectivity index (χ1n) is 5.07. The molecule has 1 saturated carbocycles. The maximum absolute atomic E-state index is 12.1. The van der Waals surface area contributed by atoms with Gasteiger partial charge in [0.15, 0.2) is 5.78 Å². The van der Waals surface area contributed by atoms with Gasteiger partial charge in [0, 0.05) is 5.56 Å². The van der Waals surface area contributed by atoms with E-state index >= 15 is 0 Å². The predicted molar refractivity (Wildman–Crippen MR) is 56.4 cm³/mol. The summed E-state index contributed by atoms with van der Waals surface area (Å²) >= 11 is 0. The molecule has 0 unspecified atom stereocenters. The number of benzene rings is 1. The minimum atomic E-state index is -0.263. The molecular weight excluding hydrogens is 174 g/mol. The monoisotopic (exact) mass is 189 g/mol. The van der Waals surface area contributed by atoms with Crippen molar-refractivity contribution in [3.05, 3.63) is 35.9 Å². The molecule has 0 aromatic heterocycles. The highest BCUT2D eigenvalue weighted by molar-refractivity contribution is 6.03. The van der Waals surface area contributed by atoms with Crippen LogP contribution in [0.15, 0.2) is 30.3 Å². The van der Waals surface area contributed by atoms with E-state index in [4.69, 9.17) is 0 Å². The van der Waals surface area contributed by atoms with Crippen molar-refractivity contribution < 1.29 is 4.79 Å². The predicted octanol–water partition coefficient (Wildman–Crippen LogP) is 2.01. The van der Waals surface area contributed by atoms with Crippen molar-refractivity contribution in [2.24, 2.45) is 0 Å². The van der Waals surface area contributed by atoms with Crippen LogP contribution in [0.4, 0.5) is 0 Å². The van der Waals surface area contributed by atoms with E-state index in [9.17, 15) is 4.79 Å². The number of ketones is 1. The average Bonchev–Trinajstić information content (AvgIpc) is 2.18. The second kappa shape index (κ2) is 3.54. The zero-order chi connectivity index (χ0) is 10.0. The summed E-state index contributed by atoms with van der Waals surface area (Å²) in [5.41, 5.74) is 0.558. The molecule has 0 spiro atoms. The van der Waals surface area contributed by atoms with Crippen LogP contribution in [-0.4, -0.2) is 18.4 Å². The number of rotatable bonds is 3. The van der Waals surface area contributed by atoms with Crippen LogP contribution in [0.2, 0.25) is 0 Å². The van der Waals surface area contributed by atoms with Gasteiger partial charge in [-0.2, -0.15) is 0 Å². The molecule has 1 N–H and O–H groups in total. The highest BCUT2D eigenvalue weighted by Gasteiger charge is 2.42. The van der Waals surface area contributed by atoms with Gasteiger partial charge >= 0.3 is 0 Å². The molecule has 0 amide bonds. The molecule has 14 heavy (non-hydrogen) atoms. The number of carbonyl (C=O) groups is 1. The molecular formula is C12H15NO. The van der Waals surface area contributed by atoms with Gasteiger partial charge in [0.05, 0.1) is 5.54 Å². The van der Waals surface area contributed by atoms with E-state index in [1.165, 1.54) is 0 Å². The van der Waals surface area contributed by atoms with Gasteiger partial charge in [0.2, 0.25) is 0 Å². The molecule has 1 fully saturated rings. The lowest BCUT2D eigenvalue weighted by Gasteiger charge is -2.40. The molecule has 1 aliphatic rings. The maximum Gasteiger partial charge on any atom is 0.182 e. The molecule has 0 saturated heterocycles. The van der Waals surface area contributed by atoms with E-state index in [1.54, 1.807) is 0 Å². The average molecular weight is 189 g/mol. The number of carbonyl (C=O) groups excluding carboxylic acids is 1. The maximum atomic E-state index is 12.1. The Kier molecular flexibility index (Phi) is 2.38. The zero-order valence-corrected chi connectivity index (χ0v) is 8.42. The summed E-state index contributed by atoms with van der Waals surface area (Å²) in [5.74, 6) is 0.242. The fourth-order valence-electron chi connectivity index (χ4n) is 1.99. The van der Waals surface area contributed by atoms with Crippen molar-refractivity contribution >= 4 is 5.78 Å². The summed E-state index contributed by atoms with van der Waals surface area (Å²) in [6, 6.07) is 9.54. The summed E-state index contributed by atoms with van der Waals surface area (Å²) in [7, 11) is 1.88. The van der Waals surface area contributed by atoms with Crippen LogP contribution < -0.4 is 5.32 Å². The van der Waals surface area contributed by atoms with Gasteiger partial charge in [0.25, 0.3) is 0 Å². The lowest BCUT2D eigenvalue weighted by atomic mass is 9.72. The van der Waals surface area contributed by atoms with E-state index < -0.39 is 0 Å². The lowest BCUT2D eigenvalue weighted by molar-refractivity contribution is 0.0745. The van der Waals surface area contributed by atoms with Gasteiger partial charge in [-0.15, -0.1) is 0 Å². The number of likely N-dealkylation sites (N-methyl/N-ethyl adjacent to an activating group) is 1. The van der Waals surface area contributed by atoms with E-state index in [0.717, 1.165) is 24.8 Å². The molecule has 0 heterocycles. The third-order valence-electron chi connectivity index (χ3n) is 3.16. The SMILES string of the molecule is CNC1(C(=O)c2ccccc2)CCC1. The van der Waals surface area contributed by atoms with Crippen molar-refractivity contribution in [3.63, 3.8) is 0 Å². The zero-order valence-electron chi connectivity index (χ0n) is 8.42. The molecule has 0 radical (unpaired) electrons. The van der Waals surface area contributed by atoms with Gasteiger partial charge in [-0.3, -0.25) is 4.79 Å². The number of hydrogen-bond acceptors (Lipinski definition) is 2. The largest absolute Gasteiger partial charge is 0.308 e. The Labute approximate surface area is 84.3 Å². The van der Waals surface area contributed by atoms with E-state index in [1.807, 2.05) is 37.4 Å². The summed E-state index contributed by atoms with van der Waals surface area (Å²) in [6.07, 6.45) is 3.09. The third kappa shape index (κ3) is 1.36. The third-order valence-corrected chi connectivity index (χ3v) is 3.16. The van der Waals surface area contributed by atoms with Crippen molar-refractivity contribution in [2.75, 3.05) is 7.05 Å². The van der Waals surface area contributed by atoms with Gasteiger partial charge in [-0.25, -0.2) is 0 Å². The van der Waals surface area contributed by atoms with Crippen molar-refractivity contribution in [3.8, 4) is 0 Å². The first kappa shape index (κ1) is 9.41.